The quantitative estimate of drug-likeness (QED) is 0.869. The van der Waals surface area contributed by atoms with Crippen molar-refractivity contribution in [2.45, 2.75) is 0 Å². The van der Waals surface area contributed by atoms with Gasteiger partial charge in [-0.15, -0.1) is 0 Å². The van der Waals surface area contributed by atoms with E-state index in [4.69, 9.17) is 15.3 Å². The van der Waals surface area contributed by atoms with Gasteiger partial charge in [-0.25, -0.2) is 0 Å². The zero-order chi connectivity index (χ0) is 13.0. The molecule has 4 heteroatoms. The van der Waals surface area contributed by atoms with E-state index in [1.54, 1.807) is 30.3 Å². The Morgan fingerprint density at radius 3 is 2.28 bits per heavy atom. The highest BCUT2D eigenvalue weighted by Crippen LogP contribution is 2.32. The molecule has 0 unspecified atom stereocenters. The molecule has 2 aromatic rings. The highest BCUT2D eigenvalue weighted by molar-refractivity contribution is 5.55. The lowest BCUT2D eigenvalue weighted by molar-refractivity contribution is 0.410. The molecule has 0 radical (unpaired) electrons. The molecule has 0 fully saturated rings. The molecule has 0 heterocycles. The number of nitriles is 2. The molecule has 2 aromatic carbocycles. The number of rotatable bonds is 2. The summed E-state index contributed by atoms with van der Waals surface area (Å²) in [7, 11) is 0. The first-order valence-corrected chi connectivity index (χ1v) is 5.15. The van der Waals surface area contributed by atoms with E-state index in [-0.39, 0.29) is 28.4 Å². The summed E-state index contributed by atoms with van der Waals surface area (Å²) in [5.41, 5.74) is 0.397. The van der Waals surface area contributed by atoms with Crippen molar-refractivity contribution in [2.75, 3.05) is 0 Å². The van der Waals surface area contributed by atoms with E-state index in [0.717, 1.165) is 0 Å². The number of benzene rings is 2. The Morgan fingerprint density at radius 1 is 0.889 bits per heavy atom. The molecule has 4 nitrogen and oxygen atoms in total. The number of aromatic hydroxyl groups is 1. The molecule has 18 heavy (non-hydrogen) atoms. The number of phenolic OH excluding ortho intramolecular Hbond substituents is 1. The summed E-state index contributed by atoms with van der Waals surface area (Å²) >= 11 is 0. The average molecular weight is 236 g/mol. The summed E-state index contributed by atoms with van der Waals surface area (Å²) in [6, 6.07) is 15.0. The van der Waals surface area contributed by atoms with Crippen molar-refractivity contribution in [3.05, 3.63) is 53.6 Å². The molecule has 0 aliphatic heterocycles. The number of ether oxygens (including phenoxy) is 1. The molecule has 0 spiro atoms. The summed E-state index contributed by atoms with van der Waals surface area (Å²) in [5.74, 6) is 0.464. The fraction of sp³-hybridized carbons (Fsp3) is 0. The normalized spacial score (nSPS) is 9.22. The summed E-state index contributed by atoms with van der Waals surface area (Å²) in [4.78, 5) is 0. The highest BCUT2D eigenvalue weighted by Gasteiger charge is 2.11. The van der Waals surface area contributed by atoms with Gasteiger partial charge in [0.25, 0.3) is 0 Å². The zero-order valence-electron chi connectivity index (χ0n) is 9.29. The summed E-state index contributed by atoms with van der Waals surface area (Å²) in [5, 5.41) is 27.5. The van der Waals surface area contributed by atoms with E-state index < -0.39 is 0 Å². The van der Waals surface area contributed by atoms with E-state index in [2.05, 4.69) is 0 Å². The van der Waals surface area contributed by atoms with Gasteiger partial charge in [0.2, 0.25) is 0 Å². The Balaban J connectivity index is 2.46. The van der Waals surface area contributed by atoms with Crippen LogP contribution in [-0.2, 0) is 0 Å². The summed E-state index contributed by atoms with van der Waals surface area (Å²) < 4.78 is 5.45. The van der Waals surface area contributed by atoms with E-state index in [1.165, 1.54) is 12.1 Å². The van der Waals surface area contributed by atoms with Gasteiger partial charge < -0.3 is 9.84 Å². The second-order valence-electron chi connectivity index (χ2n) is 3.47. The Labute approximate surface area is 104 Å². The second-order valence-corrected chi connectivity index (χ2v) is 3.47. The fourth-order valence-corrected chi connectivity index (χ4v) is 1.49. The lowest BCUT2D eigenvalue weighted by atomic mass is 10.1. The molecule has 0 bridgehead atoms. The van der Waals surface area contributed by atoms with Crippen molar-refractivity contribution in [3.8, 4) is 29.4 Å². The number of phenols is 1. The van der Waals surface area contributed by atoms with E-state index in [0.29, 0.717) is 0 Å². The maximum atomic E-state index is 9.59. The highest BCUT2D eigenvalue weighted by atomic mass is 16.5. The smallest absolute Gasteiger partial charge is 0.169 e. The number of hydrogen-bond donors (Lipinski definition) is 1. The van der Waals surface area contributed by atoms with Crippen LogP contribution < -0.4 is 4.74 Å². The van der Waals surface area contributed by atoms with E-state index >= 15 is 0 Å². The molecule has 0 amide bonds. The Kier molecular flexibility index (Phi) is 3.13. The number of para-hydroxylation sites is 2. The van der Waals surface area contributed by atoms with Gasteiger partial charge >= 0.3 is 0 Å². The van der Waals surface area contributed by atoms with Crippen LogP contribution >= 0.6 is 0 Å². The minimum atomic E-state index is -0.0243. The topological polar surface area (TPSA) is 77.0 Å². The van der Waals surface area contributed by atoms with Gasteiger partial charge in [-0.05, 0) is 24.3 Å². The van der Waals surface area contributed by atoms with Gasteiger partial charge in [-0.1, -0.05) is 18.2 Å². The summed E-state index contributed by atoms with van der Waals surface area (Å²) in [6.45, 7) is 0. The van der Waals surface area contributed by atoms with Gasteiger partial charge in [-0.2, -0.15) is 10.5 Å². The zero-order valence-corrected chi connectivity index (χ0v) is 9.29. The van der Waals surface area contributed by atoms with Crippen molar-refractivity contribution < 1.29 is 9.84 Å². The molecule has 0 aliphatic rings. The molecule has 0 aliphatic carbocycles. The molecule has 86 valence electrons. The standard InChI is InChI=1S/C14H8N2O2/c15-8-10-4-3-7-13(11(10)9-16)18-14-6-2-1-5-12(14)17/h1-7,17H. The Bertz CT molecular complexity index is 666. The van der Waals surface area contributed by atoms with Crippen molar-refractivity contribution >= 4 is 0 Å². The van der Waals surface area contributed by atoms with Gasteiger partial charge in [0.15, 0.2) is 11.5 Å². The Morgan fingerprint density at radius 2 is 1.61 bits per heavy atom. The van der Waals surface area contributed by atoms with E-state index in [9.17, 15) is 5.11 Å². The third-order valence-electron chi connectivity index (χ3n) is 2.34. The van der Waals surface area contributed by atoms with Crippen LogP contribution in [0.4, 0.5) is 0 Å². The fourth-order valence-electron chi connectivity index (χ4n) is 1.49. The van der Waals surface area contributed by atoms with Gasteiger partial charge in [0, 0.05) is 0 Å². The number of nitrogens with zero attached hydrogens (tertiary/aromatic N) is 2. The second kappa shape index (κ2) is 4.90. The third-order valence-corrected chi connectivity index (χ3v) is 2.34. The van der Waals surface area contributed by atoms with Crippen molar-refractivity contribution in [1.82, 2.24) is 0 Å². The molecule has 0 aromatic heterocycles. The van der Waals surface area contributed by atoms with Crippen LogP contribution in [0.25, 0.3) is 0 Å². The third kappa shape index (κ3) is 2.09. The molecular weight excluding hydrogens is 228 g/mol. The van der Waals surface area contributed by atoms with Gasteiger partial charge in [0.1, 0.15) is 23.5 Å². The lowest BCUT2D eigenvalue weighted by Crippen LogP contribution is -1.91. The van der Waals surface area contributed by atoms with Crippen molar-refractivity contribution in [2.24, 2.45) is 0 Å². The van der Waals surface area contributed by atoms with Crippen molar-refractivity contribution in [1.29, 1.82) is 10.5 Å². The average Bonchev–Trinajstić information content (AvgIpc) is 2.41. The van der Waals surface area contributed by atoms with Crippen LogP contribution in [0.15, 0.2) is 42.5 Å². The van der Waals surface area contributed by atoms with Crippen molar-refractivity contribution in [3.63, 3.8) is 0 Å². The lowest BCUT2D eigenvalue weighted by Gasteiger charge is -2.09. The maximum Gasteiger partial charge on any atom is 0.169 e. The first-order valence-electron chi connectivity index (χ1n) is 5.15. The first-order chi connectivity index (χ1) is 8.76. The monoisotopic (exact) mass is 236 g/mol. The van der Waals surface area contributed by atoms with Crippen LogP contribution in [0.1, 0.15) is 11.1 Å². The molecule has 0 saturated carbocycles. The maximum absolute atomic E-state index is 9.59. The Hall–Kier alpha value is -2.98. The van der Waals surface area contributed by atoms with Gasteiger partial charge in [0.05, 0.1) is 5.56 Å². The predicted molar refractivity (Wildman–Crippen MR) is 64.1 cm³/mol. The molecule has 1 N–H and O–H groups in total. The van der Waals surface area contributed by atoms with Gasteiger partial charge in [-0.3, -0.25) is 0 Å². The van der Waals surface area contributed by atoms with Crippen LogP contribution in [0, 0.1) is 22.7 Å². The van der Waals surface area contributed by atoms with Crippen LogP contribution in [0.3, 0.4) is 0 Å². The SMILES string of the molecule is N#Cc1cccc(Oc2ccccc2O)c1C#N. The summed E-state index contributed by atoms with van der Waals surface area (Å²) in [6.07, 6.45) is 0. The largest absolute Gasteiger partial charge is 0.504 e. The number of hydrogen-bond acceptors (Lipinski definition) is 4. The van der Waals surface area contributed by atoms with E-state index in [1.807, 2.05) is 12.1 Å². The minimum absolute atomic E-state index is 0.0243. The minimum Gasteiger partial charge on any atom is -0.504 e. The molecular formula is C14H8N2O2. The molecule has 0 atom stereocenters. The predicted octanol–water partition coefficient (Wildman–Crippen LogP) is 2.93. The first kappa shape index (κ1) is 11.5. The molecule has 2 rings (SSSR count). The molecule has 0 saturated heterocycles. The van der Waals surface area contributed by atoms with Crippen LogP contribution in [-0.4, -0.2) is 5.11 Å². The van der Waals surface area contributed by atoms with Crippen LogP contribution in [0.2, 0.25) is 0 Å². The van der Waals surface area contributed by atoms with Crippen LogP contribution in [0.5, 0.6) is 17.2 Å².